The average Bonchev–Trinajstić information content (AvgIpc) is 2.33. The molecule has 4 heteroatoms. The lowest BCUT2D eigenvalue weighted by Crippen LogP contribution is -2.34. The largest absolute Gasteiger partial charge is 0.392 e. The highest BCUT2D eigenvalue weighted by Crippen LogP contribution is 2.11. The van der Waals surface area contributed by atoms with Crippen LogP contribution in [0.4, 0.5) is 4.39 Å². The van der Waals surface area contributed by atoms with Gasteiger partial charge in [-0.2, -0.15) is 0 Å². The van der Waals surface area contributed by atoms with Crippen LogP contribution in [-0.2, 0) is 11.2 Å². The molecular weight excluding hydrogens is 233 g/mol. The van der Waals surface area contributed by atoms with E-state index >= 15 is 0 Å². The maximum atomic E-state index is 13.0. The first kappa shape index (κ1) is 14.6. The lowest BCUT2D eigenvalue weighted by Gasteiger charge is -2.13. The Labute approximate surface area is 107 Å². The van der Waals surface area contributed by atoms with Gasteiger partial charge >= 0.3 is 0 Å². The first-order valence-corrected chi connectivity index (χ1v) is 6.19. The Morgan fingerprint density at radius 2 is 2.17 bits per heavy atom. The lowest BCUT2D eigenvalue weighted by molar-refractivity contribution is -0.125. The van der Waals surface area contributed by atoms with Crippen molar-refractivity contribution < 1.29 is 14.3 Å². The van der Waals surface area contributed by atoms with E-state index in [9.17, 15) is 9.18 Å². The van der Waals surface area contributed by atoms with Crippen LogP contribution in [0.15, 0.2) is 24.3 Å². The molecule has 0 aliphatic carbocycles. The summed E-state index contributed by atoms with van der Waals surface area (Å²) >= 11 is 0. The second-order valence-corrected chi connectivity index (χ2v) is 4.66. The SMILES string of the molecule is CC(O)CNC(=O)C(C)CCc1cccc(F)c1. The molecule has 0 saturated heterocycles. The maximum Gasteiger partial charge on any atom is 0.222 e. The Balaban J connectivity index is 2.36. The van der Waals surface area contributed by atoms with E-state index in [1.165, 1.54) is 12.1 Å². The molecule has 0 aliphatic rings. The highest BCUT2D eigenvalue weighted by Gasteiger charge is 2.13. The zero-order valence-corrected chi connectivity index (χ0v) is 10.8. The van der Waals surface area contributed by atoms with Gasteiger partial charge in [-0.3, -0.25) is 4.79 Å². The first-order chi connectivity index (χ1) is 8.49. The van der Waals surface area contributed by atoms with Gasteiger partial charge < -0.3 is 10.4 Å². The van der Waals surface area contributed by atoms with Gasteiger partial charge in [0.2, 0.25) is 5.91 Å². The molecule has 0 bridgehead atoms. The summed E-state index contributed by atoms with van der Waals surface area (Å²) in [6, 6.07) is 6.41. The van der Waals surface area contributed by atoms with Crippen molar-refractivity contribution >= 4 is 5.91 Å². The molecule has 1 aromatic carbocycles. The van der Waals surface area contributed by atoms with E-state index in [4.69, 9.17) is 5.11 Å². The van der Waals surface area contributed by atoms with Crippen LogP contribution in [0.25, 0.3) is 0 Å². The van der Waals surface area contributed by atoms with E-state index in [0.29, 0.717) is 12.8 Å². The van der Waals surface area contributed by atoms with Crippen molar-refractivity contribution in [3.05, 3.63) is 35.6 Å². The van der Waals surface area contributed by atoms with Crippen LogP contribution in [0.1, 0.15) is 25.8 Å². The van der Waals surface area contributed by atoms with Gasteiger partial charge in [0.1, 0.15) is 5.82 Å². The molecule has 0 aliphatic heterocycles. The predicted molar refractivity (Wildman–Crippen MR) is 68.6 cm³/mol. The summed E-state index contributed by atoms with van der Waals surface area (Å²) in [6.07, 6.45) is 0.792. The van der Waals surface area contributed by atoms with Crippen molar-refractivity contribution in [2.24, 2.45) is 5.92 Å². The number of hydrogen-bond donors (Lipinski definition) is 2. The molecular formula is C14H20FNO2. The average molecular weight is 253 g/mol. The Hall–Kier alpha value is -1.42. The molecule has 0 fully saturated rings. The standard InChI is InChI=1S/C14H20FNO2/c1-10(14(18)16-9-11(2)17)6-7-12-4-3-5-13(15)8-12/h3-5,8,10-11,17H,6-7,9H2,1-2H3,(H,16,18). The van der Waals surface area contributed by atoms with Crippen LogP contribution in [0.2, 0.25) is 0 Å². The third-order valence-corrected chi connectivity index (χ3v) is 2.77. The molecule has 0 radical (unpaired) electrons. The number of carbonyl (C=O) groups is 1. The van der Waals surface area contributed by atoms with E-state index < -0.39 is 6.10 Å². The van der Waals surface area contributed by atoms with Gasteiger partial charge in [0.15, 0.2) is 0 Å². The molecule has 0 saturated carbocycles. The number of aliphatic hydroxyl groups is 1. The Morgan fingerprint density at radius 1 is 1.44 bits per heavy atom. The minimum Gasteiger partial charge on any atom is -0.392 e. The third-order valence-electron chi connectivity index (χ3n) is 2.77. The maximum absolute atomic E-state index is 13.0. The number of benzene rings is 1. The molecule has 3 nitrogen and oxygen atoms in total. The predicted octanol–water partition coefficient (Wildman–Crippen LogP) is 1.89. The second kappa shape index (κ2) is 7.11. The lowest BCUT2D eigenvalue weighted by atomic mass is 10.0. The quantitative estimate of drug-likeness (QED) is 0.813. The Bertz CT molecular complexity index is 393. The number of carbonyl (C=O) groups excluding carboxylic acids is 1. The minimum absolute atomic E-state index is 0.0766. The van der Waals surface area contributed by atoms with E-state index in [-0.39, 0.29) is 24.2 Å². The molecule has 100 valence electrons. The van der Waals surface area contributed by atoms with Crippen LogP contribution in [0.3, 0.4) is 0 Å². The molecule has 2 N–H and O–H groups in total. The molecule has 2 unspecified atom stereocenters. The molecule has 0 aromatic heterocycles. The third kappa shape index (κ3) is 5.27. The second-order valence-electron chi connectivity index (χ2n) is 4.66. The van der Waals surface area contributed by atoms with Crippen molar-refractivity contribution in [2.75, 3.05) is 6.54 Å². The van der Waals surface area contributed by atoms with Gasteiger partial charge in [0, 0.05) is 12.5 Å². The van der Waals surface area contributed by atoms with Gasteiger partial charge in [-0.25, -0.2) is 4.39 Å². The summed E-state index contributed by atoms with van der Waals surface area (Å²) in [5.41, 5.74) is 0.894. The number of amides is 1. The van der Waals surface area contributed by atoms with Gasteiger partial charge in [0.05, 0.1) is 6.10 Å². The number of aryl methyl sites for hydroxylation is 1. The van der Waals surface area contributed by atoms with Crippen molar-refractivity contribution in [1.29, 1.82) is 0 Å². The Kier molecular flexibility index (Phi) is 5.78. The zero-order chi connectivity index (χ0) is 13.5. The van der Waals surface area contributed by atoms with Crippen LogP contribution in [0.5, 0.6) is 0 Å². The van der Waals surface area contributed by atoms with E-state index in [2.05, 4.69) is 5.32 Å². The topological polar surface area (TPSA) is 49.3 Å². The summed E-state index contributed by atoms with van der Waals surface area (Å²) < 4.78 is 13.0. The zero-order valence-electron chi connectivity index (χ0n) is 10.8. The summed E-state index contributed by atoms with van der Waals surface area (Å²) in [7, 11) is 0. The van der Waals surface area contributed by atoms with Crippen molar-refractivity contribution in [2.45, 2.75) is 32.8 Å². The normalized spacial score (nSPS) is 14.0. The van der Waals surface area contributed by atoms with Crippen LogP contribution >= 0.6 is 0 Å². The molecule has 1 aromatic rings. The smallest absolute Gasteiger partial charge is 0.222 e. The number of rotatable bonds is 6. The van der Waals surface area contributed by atoms with Crippen LogP contribution < -0.4 is 5.32 Å². The number of halogens is 1. The van der Waals surface area contributed by atoms with Crippen molar-refractivity contribution in [3.8, 4) is 0 Å². The van der Waals surface area contributed by atoms with Crippen LogP contribution in [0, 0.1) is 11.7 Å². The van der Waals surface area contributed by atoms with Crippen LogP contribution in [-0.4, -0.2) is 23.7 Å². The highest BCUT2D eigenvalue weighted by atomic mass is 19.1. The minimum atomic E-state index is -0.538. The summed E-state index contributed by atoms with van der Waals surface area (Å²) in [5, 5.41) is 11.7. The number of nitrogens with one attached hydrogen (secondary N) is 1. The summed E-state index contributed by atoms with van der Waals surface area (Å²) in [6.45, 7) is 3.72. The van der Waals surface area contributed by atoms with Crippen molar-refractivity contribution in [1.82, 2.24) is 5.32 Å². The molecule has 1 amide bonds. The first-order valence-electron chi connectivity index (χ1n) is 6.19. The van der Waals surface area contributed by atoms with Crippen molar-refractivity contribution in [3.63, 3.8) is 0 Å². The summed E-state index contributed by atoms with van der Waals surface area (Å²) in [5.74, 6) is -0.474. The fraction of sp³-hybridized carbons (Fsp3) is 0.500. The van der Waals surface area contributed by atoms with E-state index in [0.717, 1.165) is 5.56 Å². The van der Waals surface area contributed by atoms with E-state index in [1.807, 2.05) is 13.0 Å². The fourth-order valence-corrected chi connectivity index (χ4v) is 1.63. The van der Waals surface area contributed by atoms with E-state index in [1.54, 1.807) is 13.0 Å². The van der Waals surface area contributed by atoms with Gasteiger partial charge in [-0.1, -0.05) is 19.1 Å². The fourth-order valence-electron chi connectivity index (χ4n) is 1.63. The highest BCUT2D eigenvalue weighted by molar-refractivity contribution is 5.78. The number of hydrogen-bond acceptors (Lipinski definition) is 2. The summed E-state index contributed by atoms with van der Waals surface area (Å²) in [4.78, 5) is 11.6. The van der Waals surface area contributed by atoms with Gasteiger partial charge in [-0.05, 0) is 37.5 Å². The molecule has 0 heterocycles. The monoisotopic (exact) mass is 253 g/mol. The molecule has 1 rings (SSSR count). The van der Waals surface area contributed by atoms with Gasteiger partial charge in [-0.15, -0.1) is 0 Å². The molecule has 18 heavy (non-hydrogen) atoms. The van der Waals surface area contributed by atoms with Gasteiger partial charge in [0.25, 0.3) is 0 Å². The number of aliphatic hydroxyl groups excluding tert-OH is 1. The Morgan fingerprint density at radius 3 is 2.78 bits per heavy atom. The molecule has 2 atom stereocenters. The molecule has 0 spiro atoms.